The Morgan fingerprint density at radius 3 is 0.871 bits per heavy atom. The quantitative estimate of drug-likeness (QED) is 0.162. The summed E-state index contributed by atoms with van der Waals surface area (Å²) in [5.74, 6) is 0. The smallest absolute Gasteiger partial charge is 0.220 e. The summed E-state index contributed by atoms with van der Waals surface area (Å²) in [6.07, 6.45) is 8.54. The standard InChI is InChI=1S/3C26H20NO2.C26H20NOS/c1-15-8-10-18-19-11-9-16(2)25(26(19)29-23(18)12-15)21-13-24-20(14-27(21)3)17-6-4-5-7-22(17)28-24;2*1-15-8-10-18-19-11-9-16(2)25(26(19)29-23(18)12-15)21-13-20-17-6-4-5-7-22(17)28-24(20)14-27(21)3;1-15-8-10-17-19-11-9-16(2)25(26(19)28-22(17)12-15)21-13-20-18-6-4-5-7-23(18)29-24(20)14-27(21)3/h4*4-14H,1-3H3/q4*+1. The van der Waals surface area contributed by atoms with Gasteiger partial charge in [0.25, 0.3) is 0 Å². The van der Waals surface area contributed by atoms with Crippen LogP contribution in [0.5, 0.6) is 0 Å². The first-order valence-corrected chi connectivity index (χ1v) is 40.2. The molecular formula is C104H80N4O7S+4. The average molecular weight is 1530 g/mol. The lowest BCUT2D eigenvalue weighted by Crippen LogP contribution is -2.30. The Kier molecular flexibility index (Phi) is 16.2. The van der Waals surface area contributed by atoms with E-state index < -0.39 is 0 Å². The van der Waals surface area contributed by atoms with E-state index in [9.17, 15) is 0 Å². The highest BCUT2D eigenvalue weighted by atomic mass is 32.1. The molecule has 12 aromatic carbocycles. The van der Waals surface area contributed by atoms with Crippen LogP contribution in [-0.4, -0.2) is 0 Å². The molecule has 12 heteroatoms. The maximum atomic E-state index is 6.42. The number of rotatable bonds is 4. The molecule has 0 amide bonds. The number of para-hydroxylation sites is 3. The summed E-state index contributed by atoms with van der Waals surface area (Å²) in [7, 11) is 8.34. The zero-order valence-corrected chi connectivity index (χ0v) is 67.3. The van der Waals surface area contributed by atoms with E-state index in [1.807, 2.05) is 53.8 Å². The van der Waals surface area contributed by atoms with Crippen molar-refractivity contribution in [1.29, 1.82) is 0 Å². The van der Waals surface area contributed by atoms with E-state index in [0.717, 1.165) is 177 Å². The SMILES string of the molecule is Cc1ccc2c(c1)oc1c(-c3cc4c(c[n+]3C)oc3ccccc34)c(C)ccc12.Cc1ccc2c(c1)oc1c(-c3cc4c(c[n+]3C)oc3ccccc34)c(C)ccc12.Cc1ccc2c(c1)oc1c(-c3cc4c(c[n+]3C)sc3ccccc34)c(C)ccc12.Cc1ccc2c(c1)oc1c(-c3cc4oc5ccccc5c4c[n+]3C)c(C)ccc12. The highest BCUT2D eigenvalue weighted by molar-refractivity contribution is 7.25. The van der Waals surface area contributed by atoms with Crippen LogP contribution < -0.4 is 18.3 Å². The number of aromatic nitrogens is 4. The lowest BCUT2D eigenvalue weighted by atomic mass is 9.99. The van der Waals surface area contributed by atoms with Crippen LogP contribution in [0.4, 0.5) is 0 Å². The van der Waals surface area contributed by atoms with Crippen LogP contribution in [0.25, 0.3) is 219 Å². The third-order valence-electron chi connectivity index (χ3n) is 23.6. The molecule has 0 saturated heterocycles. The highest BCUT2D eigenvalue weighted by Gasteiger charge is 2.29. The Balaban J connectivity index is 0.0000000966. The molecule has 12 heterocycles. The van der Waals surface area contributed by atoms with E-state index in [1.165, 1.54) is 86.7 Å². The molecule has 0 unspecified atom stereocenters. The molecule has 24 rings (SSSR count). The summed E-state index contributed by atoms with van der Waals surface area (Å²) in [6, 6.07) is 85.2. The van der Waals surface area contributed by atoms with Gasteiger partial charge in [0.1, 0.15) is 95.2 Å². The van der Waals surface area contributed by atoms with Crippen LogP contribution in [0, 0.1) is 55.4 Å². The van der Waals surface area contributed by atoms with Gasteiger partial charge >= 0.3 is 0 Å². The molecule has 11 nitrogen and oxygen atoms in total. The molecular weight excluding hydrogens is 1450 g/mol. The summed E-state index contributed by atoms with van der Waals surface area (Å²) in [5, 5.41) is 18.7. The Morgan fingerprint density at radius 1 is 0.198 bits per heavy atom. The molecule has 0 bridgehead atoms. The highest BCUT2D eigenvalue weighted by Crippen LogP contribution is 2.45. The van der Waals surface area contributed by atoms with E-state index in [4.69, 9.17) is 30.9 Å². The second-order valence-corrected chi connectivity index (χ2v) is 32.6. The predicted molar refractivity (Wildman–Crippen MR) is 474 cm³/mol. The van der Waals surface area contributed by atoms with Crippen LogP contribution in [-0.2, 0) is 28.2 Å². The monoisotopic (exact) mass is 1530 g/mol. The fraction of sp³-hybridized carbons (Fsp3) is 0.115. The summed E-state index contributed by atoms with van der Waals surface area (Å²) < 4.78 is 55.2. The minimum atomic E-state index is 0.891. The van der Waals surface area contributed by atoms with E-state index in [0.29, 0.717) is 0 Å². The number of thiophene rings is 1. The molecule has 0 aliphatic heterocycles. The zero-order chi connectivity index (χ0) is 78.8. The van der Waals surface area contributed by atoms with Gasteiger partial charge in [-0.2, -0.15) is 13.7 Å². The Morgan fingerprint density at radius 2 is 0.483 bits per heavy atom. The Bertz CT molecular complexity index is 7690. The molecule has 560 valence electrons. The molecule has 0 fully saturated rings. The van der Waals surface area contributed by atoms with Gasteiger partial charge in [-0.15, -0.1) is 11.3 Å². The first-order chi connectivity index (χ1) is 56.4. The lowest BCUT2D eigenvalue weighted by Gasteiger charge is -2.06. The molecule has 116 heavy (non-hydrogen) atoms. The maximum absolute atomic E-state index is 6.42. The van der Waals surface area contributed by atoms with Crippen molar-refractivity contribution in [2.45, 2.75) is 55.4 Å². The summed E-state index contributed by atoms with van der Waals surface area (Å²) in [5.41, 5.74) is 31.6. The number of furan rings is 7. The molecule has 0 atom stereocenters. The minimum Gasteiger partial charge on any atom is -0.456 e. The summed E-state index contributed by atoms with van der Waals surface area (Å²) >= 11 is 1.85. The molecule has 0 radical (unpaired) electrons. The fourth-order valence-corrected chi connectivity index (χ4v) is 18.9. The van der Waals surface area contributed by atoms with Gasteiger partial charge in [0, 0.05) is 104 Å². The van der Waals surface area contributed by atoms with Crippen LogP contribution >= 0.6 is 11.3 Å². The molecule has 24 aromatic rings. The maximum Gasteiger partial charge on any atom is 0.220 e. The summed E-state index contributed by atoms with van der Waals surface area (Å²) in [6.45, 7) is 17.0. The van der Waals surface area contributed by atoms with Gasteiger partial charge < -0.3 is 30.9 Å². The number of aryl methyl sites for hydroxylation is 12. The fourth-order valence-electron chi connectivity index (χ4n) is 17.7. The van der Waals surface area contributed by atoms with E-state index in [1.54, 1.807) is 0 Å². The number of nitrogens with zero attached hydrogens (tertiary/aromatic N) is 4. The topological polar surface area (TPSA) is 108 Å². The van der Waals surface area contributed by atoms with Crippen LogP contribution in [0.3, 0.4) is 0 Å². The van der Waals surface area contributed by atoms with Gasteiger partial charge in [-0.05, 0) is 148 Å². The van der Waals surface area contributed by atoms with Gasteiger partial charge in [0.15, 0.2) is 23.6 Å². The van der Waals surface area contributed by atoms with Crippen LogP contribution in [0.2, 0.25) is 0 Å². The minimum absolute atomic E-state index is 0.891. The first-order valence-electron chi connectivity index (χ1n) is 39.4. The Hall–Kier alpha value is -13.9. The van der Waals surface area contributed by atoms with Gasteiger partial charge in [0.2, 0.25) is 35.2 Å². The second kappa shape index (κ2) is 26.9. The van der Waals surface area contributed by atoms with Gasteiger partial charge in [-0.25, -0.2) is 4.57 Å². The van der Waals surface area contributed by atoms with Crippen molar-refractivity contribution in [2.24, 2.45) is 28.2 Å². The van der Waals surface area contributed by atoms with E-state index in [-0.39, 0.29) is 0 Å². The molecule has 12 aromatic heterocycles. The van der Waals surface area contributed by atoms with Crippen molar-refractivity contribution in [1.82, 2.24) is 0 Å². The Labute approximate surface area is 670 Å². The second-order valence-electron chi connectivity index (χ2n) is 31.5. The van der Waals surface area contributed by atoms with Crippen LogP contribution in [0.15, 0.2) is 298 Å². The summed E-state index contributed by atoms with van der Waals surface area (Å²) in [4.78, 5) is 0. The molecule has 0 spiro atoms. The number of benzene rings is 12. The number of pyridine rings is 4. The van der Waals surface area contributed by atoms with Gasteiger partial charge in [-0.1, -0.05) is 170 Å². The third-order valence-corrected chi connectivity index (χ3v) is 24.7. The third kappa shape index (κ3) is 11.4. The number of hydrogen-bond acceptors (Lipinski definition) is 8. The zero-order valence-electron chi connectivity index (χ0n) is 66.5. The van der Waals surface area contributed by atoms with Crippen molar-refractivity contribution in [2.75, 3.05) is 0 Å². The van der Waals surface area contributed by atoms with Crippen molar-refractivity contribution < 1.29 is 49.2 Å². The molecule has 0 aliphatic rings. The van der Waals surface area contributed by atoms with Crippen molar-refractivity contribution in [3.05, 3.63) is 312 Å². The van der Waals surface area contributed by atoms with Gasteiger partial charge in [-0.3, -0.25) is 0 Å². The molecule has 0 saturated carbocycles. The van der Waals surface area contributed by atoms with Gasteiger partial charge in [0.05, 0.1) is 38.4 Å². The van der Waals surface area contributed by atoms with E-state index in [2.05, 4.69) is 327 Å². The lowest BCUT2D eigenvalue weighted by molar-refractivity contribution is -0.659. The molecule has 0 aliphatic carbocycles. The normalized spacial score (nSPS) is 12.0. The predicted octanol–water partition coefficient (Wildman–Crippen LogP) is 26.8. The first kappa shape index (κ1) is 70.0. The van der Waals surface area contributed by atoms with Crippen molar-refractivity contribution >= 4 is 185 Å². The van der Waals surface area contributed by atoms with Crippen molar-refractivity contribution in [3.63, 3.8) is 0 Å². The molecule has 0 N–H and O–H groups in total. The van der Waals surface area contributed by atoms with E-state index >= 15 is 0 Å². The largest absolute Gasteiger partial charge is 0.456 e. The number of fused-ring (bicyclic) bond motifs is 24. The number of hydrogen-bond donors (Lipinski definition) is 0. The van der Waals surface area contributed by atoms with Crippen molar-refractivity contribution in [3.8, 4) is 45.0 Å². The van der Waals surface area contributed by atoms with Crippen LogP contribution in [0.1, 0.15) is 44.5 Å². The average Bonchev–Trinajstić information content (AvgIpc) is 1.60.